The van der Waals surface area contributed by atoms with Crippen molar-refractivity contribution in [1.29, 1.82) is 0 Å². The summed E-state index contributed by atoms with van der Waals surface area (Å²) < 4.78 is 5.12. The number of rotatable bonds is 5. The molecule has 1 fully saturated rings. The van der Waals surface area contributed by atoms with E-state index < -0.39 is 11.4 Å². The molecule has 1 aromatic carbocycles. The van der Waals surface area contributed by atoms with Crippen molar-refractivity contribution < 1.29 is 19.4 Å². The van der Waals surface area contributed by atoms with E-state index in [2.05, 4.69) is 5.32 Å². The Labute approximate surface area is 121 Å². The molecule has 0 atom stereocenters. The van der Waals surface area contributed by atoms with Gasteiger partial charge >= 0.3 is 5.97 Å². The van der Waals surface area contributed by atoms with Crippen LogP contribution >= 0.6 is 11.6 Å². The maximum absolute atomic E-state index is 12.3. The Morgan fingerprint density at radius 2 is 2.15 bits per heavy atom. The summed E-state index contributed by atoms with van der Waals surface area (Å²) in [6.45, 7) is 0.389. The van der Waals surface area contributed by atoms with E-state index in [4.69, 9.17) is 21.4 Å². The van der Waals surface area contributed by atoms with E-state index in [0.717, 1.165) is 19.3 Å². The summed E-state index contributed by atoms with van der Waals surface area (Å²) in [5, 5.41) is 11.8. The smallest absolute Gasteiger partial charge is 0.337 e. The molecule has 1 amide bonds. The molecule has 1 saturated carbocycles. The highest BCUT2D eigenvalue weighted by Gasteiger charge is 2.44. The van der Waals surface area contributed by atoms with Crippen LogP contribution < -0.4 is 5.32 Å². The molecule has 0 bridgehead atoms. The van der Waals surface area contributed by atoms with Crippen LogP contribution in [0.1, 0.15) is 29.6 Å². The van der Waals surface area contributed by atoms with Gasteiger partial charge in [0, 0.05) is 12.8 Å². The number of amides is 1. The first-order valence-corrected chi connectivity index (χ1v) is 6.69. The van der Waals surface area contributed by atoms with Crippen molar-refractivity contribution in [2.75, 3.05) is 19.0 Å². The Morgan fingerprint density at radius 1 is 1.45 bits per heavy atom. The molecule has 0 aliphatic heterocycles. The number of nitrogens with one attached hydrogen (secondary N) is 1. The van der Waals surface area contributed by atoms with Gasteiger partial charge in [-0.2, -0.15) is 0 Å². The van der Waals surface area contributed by atoms with Gasteiger partial charge in [-0.3, -0.25) is 4.79 Å². The van der Waals surface area contributed by atoms with Gasteiger partial charge in [-0.15, -0.1) is 0 Å². The molecule has 2 rings (SSSR count). The van der Waals surface area contributed by atoms with E-state index in [9.17, 15) is 9.59 Å². The van der Waals surface area contributed by atoms with Crippen LogP contribution in [-0.2, 0) is 9.53 Å². The van der Waals surface area contributed by atoms with Gasteiger partial charge in [0.15, 0.2) is 0 Å². The fourth-order valence-corrected chi connectivity index (χ4v) is 2.61. The number of carboxylic acid groups (broad SMARTS) is 1. The van der Waals surface area contributed by atoms with Crippen LogP contribution in [0.4, 0.5) is 5.69 Å². The minimum Gasteiger partial charge on any atom is -0.478 e. The molecule has 2 N–H and O–H groups in total. The molecule has 0 radical (unpaired) electrons. The molecule has 1 aliphatic carbocycles. The molecule has 5 nitrogen and oxygen atoms in total. The number of hydrogen-bond acceptors (Lipinski definition) is 3. The minimum absolute atomic E-state index is 0.0138. The Bertz CT molecular complexity index is 540. The summed E-state index contributed by atoms with van der Waals surface area (Å²) in [5.74, 6) is -1.20. The summed E-state index contributed by atoms with van der Waals surface area (Å²) in [7, 11) is 1.58. The second-order valence-corrected chi connectivity index (χ2v) is 5.43. The number of carbonyl (C=O) groups excluding carboxylic acids is 1. The van der Waals surface area contributed by atoms with Crippen LogP contribution in [0.3, 0.4) is 0 Å². The number of carbonyl (C=O) groups is 2. The SMILES string of the molecule is COCC1(C(=O)Nc2ccc(C(=O)O)c(Cl)c2)CCC1. The molecule has 1 aliphatic rings. The normalized spacial score (nSPS) is 16.3. The molecular weight excluding hydrogens is 282 g/mol. The van der Waals surface area contributed by atoms with Crippen molar-refractivity contribution in [3.8, 4) is 0 Å². The number of halogens is 1. The number of anilines is 1. The van der Waals surface area contributed by atoms with Crippen LogP contribution in [0.25, 0.3) is 0 Å². The van der Waals surface area contributed by atoms with Gasteiger partial charge < -0.3 is 15.2 Å². The van der Waals surface area contributed by atoms with E-state index >= 15 is 0 Å². The minimum atomic E-state index is -1.09. The van der Waals surface area contributed by atoms with Gasteiger partial charge in [0.2, 0.25) is 5.91 Å². The highest BCUT2D eigenvalue weighted by atomic mass is 35.5. The summed E-state index contributed by atoms with van der Waals surface area (Å²) in [5.41, 5.74) is 0.0412. The maximum Gasteiger partial charge on any atom is 0.337 e. The van der Waals surface area contributed by atoms with Crippen molar-refractivity contribution in [3.05, 3.63) is 28.8 Å². The Balaban J connectivity index is 2.12. The average Bonchev–Trinajstić information content (AvgIpc) is 2.33. The van der Waals surface area contributed by atoms with E-state index in [0.29, 0.717) is 12.3 Å². The van der Waals surface area contributed by atoms with E-state index in [1.54, 1.807) is 7.11 Å². The molecule has 1 aromatic rings. The topological polar surface area (TPSA) is 75.6 Å². The third-order valence-corrected chi connectivity index (χ3v) is 3.98. The second kappa shape index (κ2) is 5.81. The number of benzene rings is 1. The van der Waals surface area contributed by atoms with Crippen LogP contribution in [0.15, 0.2) is 18.2 Å². The first kappa shape index (κ1) is 14.8. The first-order valence-electron chi connectivity index (χ1n) is 6.32. The fraction of sp³-hybridized carbons (Fsp3) is 0.429. The highest BCUT2D eigenvalue weighted by molar-refractivity contribution is 6.33. The van der Waals surface area contributed by atoms with Gasteiger partial charge in [0.25, 0.3) is 0 Å². The van der Waals surface area contributed by atoms with Crippen LogP contribution in [0, 0.1) is 5.41 Å². The van der Waals surface area contributed by atoms with Gasteiger partial charge in [0.1, 0.15) is 0 Å². The van der Waals surface area contributed by atoms with Crippen molar-refractivity contribution in [2.24, 2.45) is 5.41 Å². The fourth-order valence-electron chi connectivity index (χ4n) is 2.35. The number of carboxylic acids is 1. The van der Waals surface area contributed by atoms with Crippen LogP contribution in [0.5, 0.6) is 0 Å². The Kier molecular flexibility index (Phi) is 4.30. The number of methoxy groups -OCH3 is 1. The zero-order chi connectivity index (χ0) is 14.8. The van der Waals surface area contributed by atoms with E-state index in [1.807, 2.05) is 0 Å². The molecular formula is C14H16ClNO4. The number of hydrogen-bond donors (Lipinski definition) is 2. The van der Waals surface area contributed by atoms with Gasteiger partial charge in [-0.05, 0) is 31.0 Å². The predicted octanol–water partition coefficient (Wildman–Crippen LogP) is 2.79. The van der Waals surface area contributed by atoms with Crippen molar-refractivity contribution >= 4 is 29.2 Å². The van der Waals surface area contributed by atoms with E-state index in [-0.39, 0.29) is 16.5 Å². The monoisotopic (exact) mass is 297 g/mol. The number of ether oxygens (including phenoxy) is 1. The maximum atomic E-state index is 12.3. The lowest BCUT2D eigenvalue weighted by Gasteiger charge is -2.39. The van der Waals surface area contributed by atoms with Gasteiger partial charge in [-0.1, -0.05) is 18.0 Å². The molecule has 0 unspecified atom stereocenters. The third-order valence-electron chi connectivity index (χ3n) is 3.67. The molecule has 0 spiro atoms. The summed E-state index contributed by atoms with van der Waals surface area (Å²) >= 11 is 5.87. The third kappa shape index (κ3) is 2.78. The first-order chi connectivity index (χ1) is 9.48. The van der Waals surface area contributed by atoms with Crippen molar-refractivity contribution in [3.63, 3.8) is 0 Å². The highest BCUT2D eigenvalue weighted by Crippen LogP contribution is 2.42. The molecule has 6 heteroatoms. The quantitative estimate of drug-likeness (QED) is 0.876. The van der Waals surface area contributed by atoms with Crippen molar-refractivity contribution in [2.45, 2.75) is 19.3 Å². The molecule has 20 heavy (non-hydrogen) atoms. The van der Waals surface area contributed by atoms with Gasteiger partial charge in [0.05, 0.1) is 22.6 Å². The second-order valence-electron chi connectivity index (χ2n) is 5.02. The zero-order valence-corrected chi connectivity index (χ0v) is 11.9. The Morgan fingerprint density at radius 3 is 2.60 bits per heavy atom. The van der Waals surface area contributed by atoms with Crippen LogP contribution in [0.2, 0.25) is 5.02 Å². The summed E-state index contributed by atoms with van der Waals surface area (Å²) in [4.78, 5) is 23.2. The summed E-state index contributed by atoms with van der Waals surface area (Å²) in [6.07, 6.45) is 2.61. The zero-order valence-electron chi connectivity index (χ0n) is 11.1. The van der Waals surface area contributed by atoms with Gasteiger partial charge in [-0.25, -0.2) is 4.79 Å². The lowest BCUT2D eigenvalue weighted by molar-refractivity contribution is -0.134. The largest absolute Gasteiger partial charge is 0.478 e. The average molecular weight is 298 g/mol. The predicted molar refractivity (Wildman–Crippen MR) is 75.2 cm³/mol. The van der Waals surface area contributed by atoms with Crippen molar-refractivity contribution in [1.82, 2.24) is 0 Å². The number of aromatic carboxylic acids is 1. The lowest BCUT2D eigenvalue weighted by atomic mass is 9.68. The molecule has 0 saturated heterocycles. The summed E-state index contributed by atoms with van der Waals surface area (Å²) in [6, 6.07) is 4.36. The Hall–Kier alpha value is -1.59. The molecule has 0 aromatic heterocycles. The molecule has 0 heterocycles. The van der Waals surface area contributed by atoms with E-state index in [1.165, 1.54) is 18.2 Å². The standard InChI is InChI=1S/C14H16ClNO4/c1-20-8-14(5-2-6-14)13(19)16-9-3-4-10(12(17)18)11(15)7-9/h3-4,7H,2,5-6,8H2,1H3,(H,16,19)(H,17,18). The van der Waals surface area contributed by atoms with Crippen LogP contribution in [-0.4, -0.2) is 30.7 Å². The lowest BCUT2D eigenvalue weighted by Crippen LogP contribution is -2.45. The molecule has 108 valence electrons.